The molecule has 1 aliphatic heterocycles. The number of nitrogens with one attached hydrogen (secondary N) is 1. The Hall–Kier alpha value is -2.36. The molecule has 4 nitrogen and oxygen atoms in total. The Bertz CT molecular complexity index is 687. The van der Waals surface area contributed by atoms with Crippen molar-refractivity contribution < 1.29 is 9.59 Å². The van der Waals surface area contributed by atoms with Gasteiger partial charge >= 0.3 is 0 Å². The second kappa shape index (κ2) is 7.04. The molecular formula is C20H24N2O2. The van der Waals surface area contributed by atoms with Gasteiger partial charge in [0.25, 0.3) is 0 Å². The van der Waals surface area contributed by atoms with Crippen molar-refractivity contribution in [3.8, 4) is 0 Å². The summed E-state index contributed by atoms with van der Waals surface area (Å²) in [5, 5.41) is 1.42. The number of carbonyl (C=O) groups is 2. The molecule has 1 heterocycles. The van der Waals surface area contributed by atoms with E-state index in [-0.39, 0.29) is 23.7 Å². The van der Waals surface area contributed by atoms with E-state index in [1.54, 1.807) is 0 Å². The molecule has 1 saturated heterocycles. The van der Waals surface area contributed by atoms with Crippen LogP contribution in [-0.4, -0.2) is 11.8 Å². The van der Waals surface area contributed by atoms with Crippen molar-refractivity contribution in [1.29, 1.82) is 0 Å². The first-order valence-corrected chi connectivity index (χ1v) is 8.57. The van der Waals surface area contributed by atoms with Crippen LogP contribution >= 0.6 is 0 Å². The van der Waals surface area contributed by atoms with Gasteiger partial charge in [-0.3, -0.25) is 15.0 Å². The molecule has 3 rings (SSSR count). The summed E-state index contributed by atoms with van der Waals surface area (Å²) < 4.78 is 0. The highest BCUT2D eigenvalue weighted by Crippen LogP contribution is 2.38. The molecule has 1 aliphatic carbocycles. The van der Waals surface area contributed by atoms with E-state index in [0.717, 1.165) is 24.9 Å². The topological polar surface area (TPSA) is 49.4 Å². The van der Waals surface area contributed by atoms with Crippen LogP contribution in [0.5, 0.6) is 0 Å². The van der Waals surface area contributed by atoms with Gasteiger partial charge in [0.15, 0.2) is 0 Å². The van der Waals surface area contributed by atoms with E-state index in [9.17, 15) is 9.59 Å². The van der Waals surface area contributed by atoms with Crippen molar-refractivity contribution in [2.45, 2.75) is 39.5 Å². The Balaban J connectivity index is 1.74. The third-order valence-corrected chi connectivity index (χ3v) is 4.79. The number of allylic oxidation sites excluding steroid dienone is 4. The summed E-state index contributed by atoms with van der Waals surface area (Å²) in [5.41, 5.74) is 6.10. The van der Waals surface area contributed by atoms with Gasteiger partial charge in [-0.2, -0.15) is 0 Å². The molecule has 0 aromatic heterocycles. The molecule has 1 aromatic rings. The predicted octanol–water partition coefficient (Wildman–Crippen LogP) is 3.76. The second-order valence-electron chi connectivity index (χ2n) is 6.82. The number of benzene rings is 1. The number of hydrogen-bond acceptors (Lipinski definition) is 2. The maximum absolute atomic E-state index is 12.8. The highest BCUT2D eigenvalue weighted by atomic mass is 16.2. The van der Waals surface area contributed by atoms with Gasteiger partial charge in [0.2, 0.25) is 11.8 Å². The lowest BCUT2D eigenvalue weighted by Crippen LogP contribution is -2.59. The van der Waals surface area contributed by atoms with Crippen molar-refractivity contribution in [1.82, 2.24) is 5.43 Å². The normalized spacial score (nSPS) is 25.2. The van der Waals surface area contributed by atoms with Gasteiger partial charge in [0.05, 0.1) is 17.5 Å². The summed E-state index contributed by atoms with van der Waals surface area (Å²) >= 11 is 0. The zero-order chi connectivity index (χ0) is 17.1. The summed E-state index contributed by atoms with van der Waals surface area (Å²) in [4.78, 5) is 25.3. The van der Waals surface area contributed by atoms with Crippen molar-refractivity contribution in [3.05, 3.63) is 53.6 Å². The van der Waals surface area contributed by atoms with Gasteiger partial charge in [-0.1, -0.05) is 41.5 Å². The Kier molecular flexibility index (Phi) is 4.84. The molecule has 24 heavy (non-hydrogen) atoms. The first kappa shape index (κ1) is 16.5. The van der Waals surface area contributed by atoms with Gasteiger partial charge in [-0.25, -0.2) is 5.01 Å². The number of anilines is 1. The monoisotopic (exact) mass is 324 g/mol. The van der Waals surface area contributed by atoms with E-state index >= 15 is 0 Å². The zero-order valence-electron chi connectivity index (χ0n) is 14.3. The molecule has 126 valence electrons. The average molecular weight is 324 g/mol. The molecule has 2 atom stereocenters. The van der Waals surface area contributed by atoms with E-state index in [4.69, 9.17) is 0 Å². The third kappa shape index (κ3) is 3.42. The van der Waals surface area contributed by atoms with Crippen LogP contribution in [0.25, 0.3) is 0 Å². The van der Waals surface area contributed by atoms with Crippen LogP contribution in [0.1, 0.15) is 39.5 Å². The molecule has 1 N–H and O–H groups in total. The Labute approximate surface area is 143 Å². The summed E-state index contributed by atoms with van der Waals surface area (Å²) in [5.74, 6) is -0.478. The quantitative estimate of drug-likeness (QED) is 0.861. The largest absolute Gasteiger partial charge is 0.273 e. The van der Waals surface area contributed by atoms with Crippen molar-refractivity contribution in [2.75, 3.05) is 5.01 Å². The minimum absolute atomic E-state index is 0.00847. The molecule has 0 radical (unpaired) electrons. The van der Waals surface area contributed by atoms with Gasteiger partial charge < -0.3 is 0 Å². The molecule has 1 saturated carbocycles. The first-order chi connectivity index (χ1) is 11.6. The molecule has 2 aliphatic rings. The van der Waals surface area contributed by atoms with Crippen LogP contribution in [0.2, 0.25) is 0 Å². The highest BCUT2D eigenvalue weighted by molar-refractivity contribution is 6.04. The average Bonchev–Trinajstić information content (AvgIpc) is 2.58. The minimum atomic E-state index is -0.232. The number of hydrogen-bond donors (Lipinski definition) is 1. The van der Waals surface area contributed by atoms with E-state index in [2.05, 4.69) is 31.4 Å². The Morgan fingerprint density at radius 3 is 2.67 bits per heavy atom. The number of hydrazine groups is 1. The molecular weight excluding hydrogens is 300 g/mol. The standard InChI is InChI=1S/C20H24N2O2/c1-14(2)7-6-8-15-11-12-17-18(13-15)19(23)21-22(20(17)24)16-9-4-3-5-10-16/h3-5,7-10,17-18H,6,11-13H2,1-2H3,(H,21,23)/b15-8+/t17-,18+/m0/s1. The van der Waals surface area contributed by atoms with Gasteiger partial charge in [-0.15, -0.1) is 0 Å². The summed E-state index contributed by atoms with van der Waals surface area (Å²) in [6, 6.07) is 9.31. The predicted molar refractivity (Wildman–Crippen MR) is 95.0 cm³/mol. The fraction of sp³-hybridized carbons (Fsp3) is 0.400. The van der Waals surface area contributed by atoms with Crippen LogP contribution in [0.3, 0.4) is 0 Å². The van der Waals surface area contributed by atoms with Crippen LogP contribution in [0.15, 0.2) is 53.6 Å². The Morgan fingerprint density at radius 2 is 1.96 bits per heavy atom. The number of para-hydroxylation sites is 1. The number of fused-ring (bicyclic) bond motifs is 1. The number of rotatable bonds is 3. The number of amides is 2. The van der Waals surface area contributed by atoms with E-state index < -0.39 is 0 Å². The summed E-state index contributed by atoms with van der Waals surface area (Å²) in [7, 11) is 0. The van der Waals surface area contributed by atoms with Gasteiger partial charge in [0.1, 0.15) is 0 Å². The lowest BCUT2D eigenvalue weighted by Gasteiger charge is -2.40. The van der Waals surface area contributed by atoms with Gasteiger partial charge in [0, 0.05) is 0 Å². The minimum Gasteiger partial charge on any atom is -0.273 e. The summed E-state index contributed by atoms with van der Waals surface area (Å²) in [6.07, 6.45) is 7.65. The highest BCUT2D eigenvalue weighted by Gasteiger charge is 2.44. The van der Waals surface area contributed by atoms with Crippen molar-refractivity contribution in [3.63, 3.8) is 0 Å². The summed E-state index contributed by atoms with van der Waals surface area (Å²) in [6.45, 7) is 4.17. The van der Waals surface area contributed by atoms with Crippen LogP contribution in [-0.2, 0) is 9.59 Å². The second-order valence-corrected chi connectivity index (χ2v) is 6.82. The Morgan fingerprint density at radius 1 is 1.21 bits per heavy atom. The van der Waals surface area contributed by atoms with E-state index in [1.165, 1.54) is 16.2 Å². The van der Waals surface area contributed by atoms with Crippen molar-refractivity contribution in [2.24, 2.45) is 11.8 Å². The number of carbonyl (C=O) groups excluding carboxylic acids is 2. The van der Waals surface area contributed by atoms with E-state index in [0.29, 0.717) is 6.42 Å². The fourth-order valence-electron chi connectivity index (χ4n) is 3.47. The first-order valence-electron chi connectivity index (χ1n) is 8.57. The van der Waals surface area contributed by atoms with Crippen molar-refractivity contribution >= 4 is 17.5 Å². The van der Waals surface area contributed by atoms with E-state index in [1.807, 2.05) is 30.3 Å². The molecule has 1 aromatic carbocycles. The lowest BCUT2D eigenvalue weighted by atomic mass is 9.74. The molecule has 2 amide bonds. The van der Waals surface area contributed by atoms with Crippen LogP contribution in [0, 0.1) is 11.8 Å². The van der Waals surface area contributed by atoms with Crippen LogP contribution in [0.4, 0.5) is 5.69 Å². The smallest absolute Gasteiger partial charge is 0.249 e. The number of nitrogens with zero attached hydrogens (tertiary/aromatic N) is 1. The maximum atomic E-state index is 12.8. The molecule has 0 bridgehead atoms. The van der Waals surface area contributed by atoms with Crippen LogP contribution < -0.4 is 10.4 Å². The molecule has 4 heteroatoms. The molecule has 0 spiro atoms. The molecule has 2 fully saturated rings. The lowest BCUT2D eigenvalue weighted by molar-refractivity contribution is -0.140. The van der Waals surface area contributed by atoms with Gasteiger partial charge in [-0.05, 0) is 51.7 Å². The third-order valence-electron chi connectivity index (χ3n) is 4.79. The zero-order valence-corrected chi connectivity index (χ0v) is 14.3. The fourth-order valence-corrected chi connectivity index (χ4v) is 3.47. The molecule has 0 unspecified atom stereocenters. The maximum Gasteiger partial charge on any atom is 0.249 e. The SMILES string of the molecule is CC(C)=CC/C=C1\CC[C@@H]2C(=O)N(c3ccccc3)NC(=O)[C@@H]2C1.